The number of alkyl halides is 1. The van der Waals surface area contributed by atoms with Crippen molar-refractivity contribution in [3.63, 3.8) is 0 Å². The SMILES string of the molecule is COc1ccc(C(Cl)c2cc(C)c(Cl)cc2C)cc1. The van der Waals surface area contributed by atoms with Gasteiger partial charge in [-0.15, -0.1) is 11.6 Å². The number of halogens is 2. The molecule has 0 amide bonds. The van der Waals surface area contributed by atoms with Gasteiger partial charge in [0.25, 0.3) is 0 Å². The lowest BCUT2D eigenvalue weighted by molar-refractivity contribution is 0.414. The molecule has 0 aliphatic heterocycles. The van der Waals surface area contributed by atoms with Gasteiger partial charge in [0, 0.05) is 5.02 Å². The summed E-state index contributed by atoms with van der Waals surface area (Å²) in [5.74, 6) is 0.830. The highest BCUT2D eigenvalue weighted by molar-refractivity contribution is 6.31. The molecular weight excluding hydrogens is 279 g/mol. The van der Waals surface area contributed by atoms with E-state index in [1.807, 2.05) is 44.2 Å². The molecule has 1 nitrogen and oxygen atoms in total. The quantitative estimate of drug-likeness (QED) is 0.699. The van der Waals surface area contributed by atoms with Gasteiger partial charge in [-0.25, -0.2) is 0 Å². The first-order valence-corrected chi connectivity index (χ1v) is 6.89. The van der Waals surface area contributed by atoms with Gasteiger partial charge < -0.3 is 4.74 Å². The van der Waals surface area contributed by atoms with Crippen LogP contribution in [0.5, 0.6) is 5.75 Å². The zero-order valence-electron chi connectivity index (χ0n) is 11.2. The summed E-state index contributed by atoms with van der Waals surface area (Å²) in [6.45, 7) is 4.02. The molecule has 0 aliphatic carbocycles. The molecule has 0 spiro atoms. The fraction of sp³-hybridized carbons (Fsp3) is 0.250. The summed E-state index contributed by atoms with van der Waals surface area (Å²) in [4.78, 5) is 0. The lowest BCUT2D eigenvalue weighted by Crippen LogP contribution is -1.98. The van der Waals surface area contributed by atoms with Crippen LogP contribution in [0.2, 0.25) is 5.02 Å². The van der Waals surface area contributed by atoms with Crippen LogP contribution < -0.4 is 4.74 Å². The van der Waals surface area contributed by atoms with Crippen molar-refractivity contribution in [3.05, 3.63) is 63.7 Å². The Morgan fingerprint density at radius 2 is 1.63 bits per heavy atom. The first-order chi connectivity index (χ1) is 9.02. The van der Waals surface area contributed by atoms with Crippen molar-refractivity contribution in [2.45, 2.75) is 19.2 Å². The molecule has 0 radical (unpaired) electrons. The van der Waals surface area contributed by atoms with Crippen molar-refractivity contribution in [1.29, 1.82) is 0 Å². The van der Waals surface area contributed by atoms with Crippen LogP contribution in [0.25, 0.3) is 0 Å². The van der Waals surface area contributed by atoms with Crippen LogP contribution in [0, 0.1) is 13.8 Å². The van der Waals surface area contributed by atoms with Crippen molar-refractivity contribution in [3.8, 4) is 5.75 Å². The zero-order chi connectivity index (χ0) is 14.0. The maximum atomic E-state index is 6.57. The molecule has 0 saturated carbocycles. The van der Waals surface area contributed by atoms with Crippen molar-refractivity contribution in [2.75, 3.05) is 7.11 Å². The first-order valence-electron chi connectivity index (χ1n) is 6.07. The minimum absolute atomic E-state index is 0.179. The number of hydrogen-bond acceptors (Lipinski definition) is 1. The molecule has 0 aromatic heterocycles. The molecule has 19 heavy (non-hydrogen) atoms. The van der Waals surface area contributed by atoms with Crippen molar-refractivity contribution < 1.29 is 4.74 Å². The van der Waals surface area contributed by atoms with E-state index < -0.39 is 0 Å². The van der Waals surface area contributed by atoms with E-state index in [1.165, 1.54) is 0 Å². The minimum atomic E-state index is -0.179. The molecule has 0 heterocycles. The maximum Gasteiger partial charge on any atom is 0.118 e. The molecule has 2 rings (SSSR count). The van der Waals surface area contributed by atoms with Crippen LogP contribution in [0.4, 0.5) is 0 Å². The summed E-state index contributed by atoms with van der Waals surface area (Å²) in [6.07, 6.45) is 0. The van der Waals surface area contributed by atoms with Gasteiger partial charge in [-0.05, 0) is 54.3 Å². The third kappa shape index (κ3) is 3.05. The second-order valence-electron chi connectivity index (χ2n) is 4.59. The van der Waals surface area contributed by atoms with Crippen LogP contribution >= 0.6 is 23.2 Å². The van der Waals surface area contributed by atoms with Gasteiger partial charge in [0.2, 0.25) is 0 Å². The van der Waals surface area contributed by atoms with Crippen LogP contribution in [0.3, 0.4) is 0 Å². The summed E-state index contributed by atoms with van der Waals surface area (Å²) in [5.41, 5.74) is 4.29. The summed E-state index contributed by atoms with van der Waals surface area (Å²) in [7, 11) is 1.65. The number of methoxy groups -OCH3 is 1. The van der Waals surface area contributed by atoms with Gasteiger partial charge in [0.1, 0.15) is 5.75 Å². The number of aryl methyl sites for hydroxylation is 2. The van der Waals surface area contributed by atoms with Crippen molar-refractivity contribution in [1.82, 2.24) is 0 Å². The van der Waals surface area contributed by atoms with E-state index in [4.69, 9.17) is 27.9 Å². The fourth-order valence-electron chi connectivity index (χ4n) is 2.03. The van der Waals surface area contributed by atoms with Crippen LogP contribution in [0.1, 0.15) is 27.6 Å². The average Bonchev–Trinajstić information content (AvgIpc) is 2.42. The highest BCUT2D eigenvalue weighted by atomic mass is 35.5. The largest absolute Gasteiger partial charge is 0.497 e. The van der Waals surface area contributed by atoms with Crippen molar-refractivity contribution in [2.24, 2.45) is 0 Å². The average molecular weight is 295 g/mol. The summed E-state index contributed by atoms with van der Waals surface area (Å²) < 4.78 is 5.15. The molecule has 2 aromatic carbocycles. The van der Waals surface area contributed by atoms with E-state index in [-0.39, 0.29) is 5.38 Å². The van der Waals surface area contributed by atoms with Gasteiger partial charge in [-0.1, -0.05) is 29.8 Å². The molecule has 1 unspecified atom stereocenters. The van der Waals surface area contributed by atoms with E-state index in [9.17, 15) is 0 Å². The predicted octanol–water partition coefficient (Wildman–Crippen LogP) is 5.29. The molecule has 0 aliphatic rings. The Morgan fingerprint density at radius 3 is 2.21 bits per heavy atom. The third-order valence-electron chi connectivity index (χ3n) is 3.23. The van der Waals surface area contributed by atoms with Crippen LogP contribution in [-0.4, -0.2) is 7.11 Å². The van der Waals surface area contributed by atoms with Gasteiger partial charge in [-0.3, -0.25) is 0 Å². The lowest BCUT2D eigenvalue weighted by atomic mass is 9.98. The van der Waals surface area contributed by atoms with Crippen molar-refractivity contribution >= 4 is 23.2 Å². The zero-order valence-corrected chi connectivity index (χ0v) is 12.7. The Hall–Kier alpha value is -1.18. The van der Waals surface area contributed by atoms with Crippen LogP contribution in [-0.2, 0) is 0 Å². The van der Waals surface area contributed by atoms with Gasteiger partial charge in [0.15, 0.2) is 0 Å². The Balaban J connectivity index is 2.37. The van der Waals surface area contributed by atoms with Gasteiger partial charge in [0.05, 0.1) is 12.5 Å². The van der Waals surface area contributed by atoms with Crippen LogP contribution in [0.15, 0.2) is 36.4 Å². The second kappa shape index (κ2) is 5.85. The standard InChI is InChI=1S/C16H16Cl2O/c1-10-9-15(17)11(2)8-14(10)16(18)12-4-6-13(19-3)7-5-12/h4-9,16H,1-3H3. The molecular formula is C16H16Cl2O. The lowest BCUT2D eigenvalue weighted by Gasteiger charge is -2.15. The summed E-state index contributed by atoms with van der Waals surface area (Å²) >= 11 is 12.7. The number of benzene rings is 2. The Labute approximate surface area is 124 Å². The number of rotatable bonds is 3. The monoisotopic (exact) mass is 294 g/mol. The topological polar surface area (TPSA) is 9.23 Å². The summed E-state index contributed by atoms with van der Waals surface area (Å²) in [5, 5.41) is 0.599. The summed E-state index contributed by atoms with van der Waals surface area (Å²) in [6, 6.07) is 11.8. The van der Waals surface area contributed by atoms with E-state index >= 15 is 0 Å². The molecule has 3 heteroatoms. The molecule has 0 fully saturated rings. The number of hydrogen-bond donors (Lipinski definition) is 0. The second-order valence-corrected chi connectivity index (χ2v) is 5.44. The predicted molar refractivity (Wildman–Crippen MR) is 81.6 cm³/mol. The van der Waals surface area contributed by atoms with Gasteiger partial charge >= 0.3 is 0 Å². The third-order valence-corrected chi connectivity index (χ3v) is 4.12. The fourth-order valence-corrected chi connectivity index (χ4v) is 2.63. The van der Waals surface area contributed by atoms with Gasteiger partial charge in [-0.2, -0.15) is 0 Å². The Morgan fingerprint density at radius 1 is 1.00 bits per heavy atom. The Bertz CT molecular complexity index is 576. The Kier molecular flexibility index (Phi) is 4.38. The smallest absolute Gasteiger partial charge is 0.118 e. The van der Waals surface area contributed by atoms with E-state index in [0.29, 0.717) is 0 Å². The number of ether oxygens (including phenoxy) is 1. The van der Waals surface area contributed by atoms with E-state index in [0.717, 1.165) is 33.0 Å². The molecule has 100 valence electrons. The molecule has 2 aromatic rings. The first kappa shape index (κ1) is 14.2. The minimum Gasteiger partial charge on any atom is -0.497 e. The molecule has 0 N–H and O–H groups in total. The molecule has 1 atom stereocenters. The highest BCUT2D eigenvalue weighted by Gasteiger charge is 2.14. The maximum absolute atomic E-state index is 6.57. The van der Waals surface area contributed by atoms with E-state index in [2.05, 4.69) is 6.07 Å². The molecule has 0 bridgehead atoms. The molecule has 0 saturated heterocycles. The highest BCUT2D eigenvalue weighted by Crippen LogP contribution is 2.34. The normalized spacial score (nSPS) is 12.3. The van der Waals surface area contributed by atoms with E-state index in [1.54, 1.807) is 7.11 Å².